The van der Waals surface area contributed by atoms with E-state index in [2.05, 4.69) is 19.2 Å². The van der Waals surface area contributed by atoms with Crippen LogP contribution in [0.15, 0.2) is 0 Å². The second-order valence-electron chi connectivity index (χ2n) is 4.36. The van der Waals surface area contributed by atoms with Crippen LogP contribution in [0.5, 0.6) is 0 Å². The maximum atomic E-state index is 8.98. The van der Waals surface area contributed by atoms with Crippen LogP contribution in [-0.4, -0.2) is 36.5 Å². The van der Waals surface area contributed by atoms with Gasteiger partial charge in [-0.05, 0) is 32.6 Å². The molecule has 0 aliphatic heterocycles. The zero-order valence-electron chi connectivity index (χ0n) is 9.49. The summed E-state index contributed by atoms with van der Waals surface area (Å²) < 4.78 is 5.49. The molecule has 0 aromatic heterocycles. The molecule has 2 atom stereocenters. The van der Waals surface area contributed by atoms with E-state index >= 15 is 0 Å². The standard InChI is InChI=1S/C11H23NO2/c1-4-14-11-5-10(6-11)12-9(3)8(2)7-13/h8-13H,4-7H2,1-3H3. The Balaban J connectivity index is 2.10. The van der Waals surface area contributed by atoms with E-state index in [0.29, 0.717) is 24.1 Å². The Kier molecular flexibility index (Phi) is 4.85. The van der Waals surface area contributed by atoms with Gasteiger partial charge < -0.3 is 15.2 Å². The van der Waals surface area contributed by atoms with Crippen molar-refractivity contribution in [2.75, 3.05) is 13.2 Å². The summed E-state index contributed by atoms with van der Waals surface area (Å²) in [6.45, 7) is 7.32. The third-order valence-electron chi connectivity index (χ3n) is 3.14. The van der Waals surface area contributed by atoms with Gasteiger partial charge in [-0.1, -0.05) is 6.92 Å². The lowest BCUT2D eigenvalue weighted by Gasteiger charge is -2.38. The van der Waals surface area contributed by atoms with Gasteiger partial charge in [-0.15, -0.1) is 0 Å². The van der Waals surface area contributed by atoms with Crippen LogP contribution in [-0.2, 0) is 4.74 Å². The van der Waals surface area contributed by atoms with Crippen molar-refractivity contribution in [1.29, 1.82) is 0 Å². The van der Waals surface area contributed by atoms with E-state index in [1.54, 1.807) is 0 Å². The van der Waals surface area contributed by atoms with Crippen molar-refractivity contribution in [3.8, 4) is 0 Å². The Labute approximate surface area is 86.8 Å². The topological polar surface area (TPSA) is 41.5 Å². The zero-order chi connectivity index (χ0) is 10.6. The molecule has 3 nitrogen and oxygen atoms in total. The molecule has 0 aromatic rings. The van der Waals surface area contributed by atoms with Crippen molar-refractivity contribution < 1.29 is 9.84 Å². The first kappa shape index (κ1) is 12.0. The van der Waals surface area contributed by atoms with Gasteiger partial charge in [-0.25, -0.2) is 0 Å². The number of nitrogens with one attached hydrogen (secondary N) is 1. The lowest BCUT2D eigenvalue weighted by molar-refractivity contribution is -0.0140. The van der Waals surface area contributed by atoms with Gasteiger partial charge in [0.25, 0.3) is 0 Å². The average molecular weight is 201 g/mol. The minimum Gasteiger partial charge on any atom is -0.396 e. The summed E-state index contributed by atoms with van der Waals surface area (Å²) in [6.07, 6.45) is 2.71. The van der Waals surface area contributed by atoms with Crippen molar-refractivity contribution in [3.63, 3.8) is 0 Å². The molecule has 14 heavy (non-hydrogen) atoms. The smallest absolute Gasteiger partial charge is 0.0604 e. The molecule has 0 heterocycles. The molecule has 1 aliphatic carbocycles. The quantitative estimate of drug-likeness (QED) is 0.677. The minimum absolute atomic E-state index is 0.260. The molecule has 3 heteroatoms. The van der Waals surface area contributed by atoms with Crippen LogP contribution >= 0.6 is 0 Å². The fraction of sp³-hybridized carbons (Fsp3) is 1.00. The third-order valence-corrected chi connectivity index (χ3v) is 3.14. The molecule has 0 saturated heterocycles. The van der Waals surface area contributed by atoms with E-state index in [9.17, 15) is 0 Å². The van der Waals surface area contributed by atoms with Crippen LogP contribution in [0.4, 0.5) is 0 Å². The Morgan fingerprint density at radius 3 is 2.57 bits per heavy atom. The maximum absolute atomic E-state index is 8.98. The molecule has 0 amide bonds. The number of ether oxygens (including phenoxy) is 1. The second kappa shape index (κ2) is 5.69. The summed E-state index contributed by atoms with van der Waals surface area (Å²) in [5.41, 5.74) is 0. The lowest BCUT2D eigenvalue weighted by atomic mass is 9.87. The lowest BCUT2D eigenvalue weighted by Crippen LogP contribution is -2.50. The van der Waals surface area contributed by atoms with Gasteiger partial charge in [0.15, 0.2) is 0 Å². The largest absolute Gasteiger partial charge is 0.396 e. The predicted molar refractivity (Wildman–Crippen MR) is 57.3 cm³/mol. The van der Waals surface area contributed by atoms with Crippen molar-refractivity contribution >= 4 is 0 Å². The first-order chi connectivity index (χ1) is 6.67. The number of hydrogen-bond donors (Lipinski definition) is 2. The number of rotatable bonds is 6. The Morgan fingerprint density at radius 2 is 2.07 bits per heavy atom. The van der Waals surface area contributed by atoms with Crippen molar-refractivity contribution in [2.24, 2.45) is 5.92 Å². The van der Waals surface area contributed by atoms with Gasteiger partial charge in [-0.2, -0.15) is 0 Å². The molecule has 0 spiro atoms. The van der Waals surface area contributed by atoms with E-state index < -0.39 is 0 Å². The van der Waals surface area contributed by atoms with Crippen molar-refractivity contribution in [3.05, 3.63) is 0 Å². The minimum atomic E-state index is 0.260. The molecule has 1 aliphatic rings. The highest BCUT2D eigenvalue weighted by Gasteiger charge is 2.30. The van der Waals surface area contributed by atoms with Crippen molar-refractivity contribution in [1.82, 2.24) is 5.32 Å². The molecule has 0 bridgehead atoms. The maximum Gasteiger partial charge on any atom is 0.0604 e. The Morgan fingerprint density at radius 1 is 1.43 bits per heavy atom. The molecule has 1 fully saturated rings. The molecule has 1 rings (SSSR count). The van der Waals surface area contributed by atoms with Crippen LogP contribution < -0.4 is 5.32 Å². The average Bonchev–Trinajstić information content (AvgIpc) is 2.13. The van der Waals surface area contributed by atoms with E-state index in [1.165, 1.54) is 0 Å². The number of aliphatic hydroxyl groups is 1. The predicted octanol–water partition coefficient (Wildman–Crippen LogP) is 1.16. The third kappa shape index (κ3) is 3.23. The second-order valence-corrected chi connectivity index (χ2v) is 4.36. The van der Waals surface area contributed by atoms with Gasteiger partial charge in [0.1, 0.15) is 0 Å². The van der Waals surface area contributed by atoms with E-state index in [-0.39, 0.29) is 6.61 Å². The van der Waals surface area contributed by atoms with E-state index in [4.69, 9.17) is 9.84 Å². The van der Waals surface area contributed by atoms with E-state index in [1.807, 2.05) is 6.92 Å². The van der Waals surface area contributed by atoms with Crippen LogP contribution in [0, 0.1) is 5.92 Å². The van der Waals surface area contributed by atoms with Crippen LogP contribution in [0.1, 0.15) is 33.6 Å². The number of hydrogen-bond acceptors (Lipinski definition) is 3. The van der Waals surface area contributed by atoms with Crippen LogP contribution in [0.2, 0.25) is 0 Å². The summed E-state index contributed by atoms with van der Waals surface area (Å²) >= 11 is 0. The molecule has 0 aromatic carbocycles. The molecule has 2 unspecified atom stereocenters. The highest BCUT2D eigenvalue weighted by molar-refractivity contribution is 4.88. The first-order valence-corrected chi connectivity index (χ1v) is 5.65. The summed E-state index contributed by atoms with van der Waals surface area (Å²) in [5.74, 6) is 0.334. The van der Waals surface area contributed by atoms with Gasteiger partial charge in [0.2, 0.25) is 0 Å². The molecular weight excluding hydrogens is 178 g/mol. The SMILES string of the molecule is CCOC1CC(NC(C)C(C)CO)C1. The summed E-state index contributed by atoms with van der Waals surface area (Å²) in [4.78, 5) is 0. The fourth-order valence-electron chi connectivity index (χ4n) is 1.77. The molecule has 84 valence electrons. The van der Waals surface area contributed by atoms with Gasteiger partial charge in [-0.3, -0.25) is 0 Å². The summed E-state index contributed by atoms with van der Waals surface area (Å²) in [7, 11) is 0. The van der Waals surface area contributed by atoms with Crippen molar-refractivity contribution in [2.45, 2.75) is 51.8 Å². The Bertz CT molecular complexity index is 157. The Hall–Kier alpha value is -0.120. The summed E-state index contributed by atoms with van der Waals surface area (Å²) in [6, 6.07) is 0.989. The molecule has 2 N–H and O–H groups in total. The molecule has 0 radical (unpaired) electrons. The van der Waals surface area contributed by atoms with Gasteiger partial charge in [0.05, 0.1) is 6.10 Å². The monoisotopic (exact) mass is 201 g/mol. The molecule has 1 saturated carbocycles. The van der Waals surface area contributed by atoms with Crippen LogP contribution in [0.25, 0.3) is 0 Å². The fourth-order valence-corrected chi connectivity index (χ4v) is 1.77. The summed E-state index contributed by atoms with van der Waals surface area (Å²) in [5, 5.41) is 12.5. The van der Waals surface area contributed by atoms with Gasteiger partial charge >= 0.3 is 0 Å². The first-order valence-electron chi connectivity index (χ1n) is 5.65. The number of aliphatic hydroxyl groups excluding tert-OH is 1. The van der Waals surface area contributed by atoms with E-state index in [0.717, 1.165) is 19.4 Å². The highest BCUT2D eigenvalue weighted by Crippen LogP contribution is 2.24. The van der Waals surface area contributed by atoms with Crippen LogP contribution in [0.3, 0.4) is 0 Å². The van der Waals surface area contributed by atoms with Gasteiger partial charge in [0, 0.05) is 25.3 Å². The zero-order valence-corrected chi connectivity index (χ0v) is 9.49. The molecular formula is C11H23NO2. The highest BCUT2D eigenvalue weighted by atomic mass is 16.5. The normalized spacial score (nSPS) is 30.9.